The van der Waals surface area contributed by atoms with Gasteiger partial charge >= 0.3 is 0 Å². The predicted octanol–water partition coefficient (Wildman–Crippen LogP) is 2.99. The molecular weight excluding hydrogens is 310 g/mol. The summed E-state index contributed by atoms with van der Waals surface area (Å²) in [6.07, 6.45) is 0. The second kappa shape index (κ2) is 7.70. The summed E-state index contributed by atoms with van der Waals surface area (Å²) in [5.41, 5.74) is 5.32. The molecule has 1 heterocycles. The molecular formula is C21H27N3O. The van der Waals surface area contributed by atoms with Crippen LogP contribution >= 0.6 is 0 Å². The van der Waals surface area contributed by atoms with Crippen LogP contribution < -0.4 is 10.2 Å². The van der Waals surface area contributed by atoms with Crippen molar-refractivity contribution in [2.45, 2.75) is 20.4 Å². The van der Waals surface area contributed by atoms with Crippen LogP contribution in [0.5, 0.6) is 0 Å². The highest BCUT2D eigenvalue weighted by molar-refractivity contribution is 5.95. The number of likely N-dealkylation sites (N-methyl/N-ethyl adjacent to an activating group) is 1. The summed E-state index contributed by atoms with van der Waals surface area (Å²) >= 11 is 0. The van der Waals surface area contributed by atoms with Crippen LogP contribution in [0.1, 0.15) is 27.0 Å². The molecule has 1 N–H and O–H groups in total. The predicted molar refractivity (Wildman–Crippen MR) is 103 cm³/mol. The average Bonchev–Trinajstić information content (AvgIpc) is 2.61. The lowest BCUT2D eigenvalue weighted by molar-refractivity contribution is 0.0950. The molecule has 0 aromatic heterocycles. The van der Waals surface area contributed by atoms with Crippen LogP contribution in [-0.2, 0) is 6.54 Å². The molecule has 25 heavy (non-hydrogen) atoms. The Hall–Kier alpha value is -2.33. The third-order valence-electron chi connectivity index (χ3n) is 4.88. The van der Waals surface area contributed by atoms with E-state index in [2.05, 4.69) is 46.4 Å². The van der Waals surface area contributed by atoms with Gasteiger partial charge in [0.05, 0.1) is 0 Å². The first-order chi connectivity index (χ1) is 12.0. The number of carbonyl (C=O) groups excluding carboxylic acids is 1. The van der Waals surface area contributed by atoms with Crippen LogP contribution in [0.2, 0.25) is 0 Å². The van der Waals surface area contributed by atoms with Crippen molar-refractivity contribution in [1.82, 2.24) is 10.2 Å². The van der Waals surface area contributed by atoms with Crippen molar-refractivity contribution in [3.8, 4) is 0 Å². The van der Waals surface area contributed by atoms with Gasteiger partial charge < -0.3 is 15.1 Å². The smallest absolute Gasteiger partial charge is 0.251 e. The lowest BCUT2D eigenvalue weighted by atomic mass is 10.1. The molecule has 1 saturated heterocycles. The number of hydrogen-bond acceptors (Lipinski definition) is 3. The van der Waals surface area contributed by atoms with Gasteiger partial charge in [0, 0.05) is 44.0 Å². The Balaban J connectivity index is 1.57. The van der Waals surface area contributed by atoms with Crippen molar-refractivity contribution < 1.29 is 4.79 Å². The molecule has 0 radical (unpaired) electrons. The number of hydrogen-bond donors (Lipinski definition) is 1. The minimum Gasteiger partial charge on any atom is -0.369 e. The van der Waals surface area contributed by atoms with Crippen LogP contribution in [0.15, 0.2) is 42.5 Å². The first-order valence-electron chi connectivity index (χ1n) is 8.91. The Morgan fingerprint density at radius 2 is 1.68 bits per heavy atom. The van der Waals surface area contributed by atoms with E-state index in [1.807, 2.05) is 32.0 Å². The van der Waals surface area contributed by atoms with Gasteiger partial charge in [-0.3, -0.25) is 4.79 Å². The van der Waals surface area contributed by atoms with E-state index in [0.29, 0.717) is 6.54 Å². The number of piperazine rings is 1. The Morgan fingerprint density at radius 3 is 2.32 bits per heavy atom. The zero-order chi connectivity index (χ0) is 17.8. The van der Waals surface area contributed by atoms with Gasteiger partial charge in [-0.15, -0.1) is 0 Å². The quantitative estimate of drug-likeness (QED) is 0.932. The van der Waals surface area contributed by atoms with Crippen LogP contribution in [0.3, 0.4) is 0 Å². The van der Waals surface area contributed by atoms with Gasteiger partial charge in [0.1, 0.15) is 0 Å². The van der Waals surface area contributed by atoms with Crippen LogP contribution in [0.25, 0.3) is 0 Å². The minimum absolute atomic E-state index is 0.0133. The molecule has 2 aromatic carbocycles. The molecule has 0 aliphatic carbocycles. The molecule has 1 aliphatic heterocycles. The number of carbonyl (C=O) groups is 1. The fourth-order valence-electron chi connectivity index (χ4n) is 3.24. The van der Waals surface area contributed by atoms with Gasteiger partial charge in [0.25, 0.3) is 5.91 Å². The maximum Gasteiger partial charge on any atom is 0.251 e. The second-order valence-corrected chi connectivity index (χ2v) is 6.96. The van der Waals surface area contributed by atoms with Crippen molar-refractivity contribution in [3.05, 3.63) is 64.7 Å². The normalized spacial score (nSPS) is 15.2. The Bertz CT molecular complexity index is 731. The van der Waals surface area contributed by atoms with Gasteiger partial charge in [0.15, 0.2) is 0 Å². The molecule has 1 aliphatic rings. The first kappa shape index (κ1) is 17.5. The standard InChI is InChI=1S/C21H27N3O/c1-16-4-9-20(17(2)14-16)21(25)22-15-18-5-7-19(8-6-18)24-12-10-23(3)11-13-24/h4-9,14H,10-13,15H2,1-3H3,(H,22,25). The third kappa shape index (κ3) is 4.40. The maximum atomic E-state index is 12.4. The minimum atomic E-state index is -0.0133. The van der Waals surface area contributed by atoms with E-state index in [4.69, 9.17) is 0 Å². The van der Waals surface area contributed by atoms with Crippen LogP contribution in [0, 0.1) is 13.8 Å². The lowest BCUT2D eigenvalue weighted by Gasteiger charge is -2.34. The summed E-state index contributed by atoms with van der Waals surface area (Å²) in [6, 6.07) is 14.4. The molecule has 1 amide bonds. The van der Waals surface area contributed by atoms with E-state index in [9.17, 15) is 4.79 Å². The van der Waals surface area contributed by atoms with Crippen molar-refractivity contribution >= 4 is 11.6 Å². The van der Waals surface area contributed by atoms with Crippen molar-refractivity contribution in [2.24, 2.45) is 0 Å². The van der Waals surface area contributed by atoms with Gasteiger partial charge in [-0.05, 0) is 50.2 Å². The molecule has 3 rings (SSSR count). The van der Waals surface area contributed by atoms with E-state index >= 15 is 0 Å². The number of anilines is 1. The summed E-state index contributed by atoms with van der Waals surface area (Å²) < 4.78 is 0. The van der Waals surface area contributed by atoms with Gasteiger partial charge in [-0.1, -0.05) is 29.8 Å². The fraction of sp³-hybridized carbons (Fsp3) is 0.381. The van der Waals surface area contributed by atoms with Crippen molar-refractivity contribution in [2.75, 3.05) is 38.1 Å². The Kier molecular flexibility index (Phi) is 5.39. The SMILES string of the molecule is Cc1ccc(C(=O)NCc2ccc(N3CCN(C)CC3)cc2)c(C)c1. The molecule has 0 spiro atoms. The Labute approximate surface area is 150 Å². The van der Waals surface area contributed by atoms with E-state index in [1.165, 1.54) is 11.3 Å². The zero-order valence-electron chi connectivity index (χ0n) is 15.4. The van der Waals surface area contributed by atoms with Crippen molar-refractivity contribution in [3.63, 3.8) is 0 Å². The third-order valence-corrected chi connectivity index (χ3v) is 4.88. The summed E-state index contributed by atoms with van der Waals surface area (Å²) in [7, 11) is 2.17. The van der Waals surface area contributed by atoms with Gasteiger partial charge in [0.2, 0.25) is 0 Å². The monoisotopic (exact) mass is 337 g/mol. The lowest BCUT2D eigenvalue weighted by Crippen LogP contribution is -2.44. The molecule has 0 saturated carbocycles. The zero-order valence-corrected chi connectivity index (χ0v) is 15.4. The highest BCUT2D eigenvalue weighted by Gasteiger charge is 2.14. The molecule has 0 bridgehead atoms. The Morgan fingerprint density at radius 1 is 1.00 bits per heavy atom. The van der Waals surface area contributed by atoms with Crippen molar-refractivity contribution in [1.29, 1.82) is 0 Å². The number of benzene rings is 2. The molecule has 132 valence electrons. The number of amides is 1. The van der Waals surface area contributed by atoms with E-state index in [0.717, 1.165) is 42.9 Å². The number of nitrogens with zero attached hydrogens (tertiary/aromatic N) is 2. The number of aryl methyl sites for hydroxylation is 2. The van der Waals surface area contributed by atoms with E-state index in [-0.39, 0.29) is 5.91 Å². The summed E-state index contributed by atoms with van der Waals surface area (Å²) in [6.45, 7) is 8.92. The van der Waals surface area contributed by atoms with Gasteiger partial charge in [-0.2, -0.15) is 0 Å². The summed E-state index contributed by atoms with van der Waals surface area (Å²) in [4.78, 5) is 17.1. The van der Waals surface area contributed by atoms with E-state index < -0.39 is 0 Å². The number of nitrogens with one attached hydrogen (secondary N) is 1. The highest BCUT2D eigenvalue weighted by Crippen LogP contribution is 2.17. The van der Waals surface area contributed by atoms with Crippen LogP contribution in [0.4, 0.5) is 5.69 Å². The summed E-state index contributed by atoms with van der Waals surface area (Å²) in [5.74, 6) is -0.0133. The second-order valence-electron chi connectivity index (χ2n) is 6.96. The maximum absolute atomic E-state index is 12.4. The topological polar surface area (TPSA) is 35.6 Å². The van der Waals surface area contributed by atoms with E-state index in [1.54, 1.807) is 0 Å². The van der Waals surface area contributed by atoms with Gasteiger partial charge in [-0.25, -0.2) is 0 Å². The average molecular weight is 337 g/mol. The molecule has 2 aromatic rings. The molecule has 4 nitrogen and oxygen atoms in total. The first-order valence-corrected chi connectivity index (χ1v) is 8.91. The molecule has 4 heteroatoms. The fourth-order valence-corrected chi connectivity index (χ4v) is 3.24. The summed E-state index contributed by atoms with van der Waals surface area (Å²) in [5, 5.41) is 3.02. The number of rotatable bonds is 4. The molecule has 1 fully saturated rings. The van der Waals surface area contributed by atoms with Crippen LogP contribution in [-0.4, -0.2) is 44.0 Å². The highest BCUT2D eigenvalue weighted by atomic mass is 16.1. The largest absolute Gasteiger partial charge is 0.369 e. The molecule has 0 atom stereocenters. The molecule has 0 unspecified atom stereocenters.